The fourth-order valence-corrected chi connectivity index (χ4v) is 2.99. The van der Waals surface area contributed by atoms with E-state index in [2.05, 4.69) is 5.10 Å². The van der Waals surface area contributed by atoms with Gasteiger partial charge in [0, 0.05) is 25.2 Å². The van der Waals surface area contributed by atoms with Crippen molar-refractivity contribution in [3.8, 4) is 5.75 Å². The number of aromatic nitrogens is 2. The van der Waals surface area contributed by atoms with Gasteiger partial charge < -0.3 is 9.64 Å². The lowest BCUT2D eigenvalue weighted by atomic mass is 10.1. The quantitative estimate of drug-likeness (QED) is 0.663. The standard InChI is InChI=1S/C22H23N3O3/c1-16-9-11-20(28-3)18(13-16)15-24(2)22(27)19-10-12-21(26)25(23-19)14-17-7-5-4-6-8-17/h4-13H,14-15H2,1-3H3. The Morgan fingerprint density at radius 3 is 2.57 bits per heavy atom. The molecule has 0 spiro atoms. The topological polar surface area (TPSA) is 64.4 Å². The molecule has 1 heterocycles. The molecule has 0 radical (unpaired) electrons. The smallest absolute Gasteiger partial charge is 0.274 e. The highest BCUT2D eigenvalue weighted by molar-refractivity contribution is 5.91. The highest BCUT2D eigenvalue weighted by Gasteiger charge is 2.17. The highest BCUT2D eigenvalue weighted by Crippen LogP contribution is 2.21. The van der Waals surface area contributed by atoms with Crippen LogP contribution in [0.15, 0.2) is 65.5 Å². The second-order valence-electron chi connectivity index (χ2n) is 6.68. The fourth-order valence-electron chi connectivity index (χ4n) is 2.99. The number of hydrogen-bond donors (Lipinski definition) is 0. The molecule has 0 unspecified atom stereocenters. The van der Waals surface area contributed by atoms with Crippen LogP contribution in [0.1, 0.15) is 27.2 Å². The molecule has 0 aliphatic carbocycles. The Balaban J connectivity index is 1.81. The molecular formula is C22H23N3O3. The van der Waals surface area contributed by atoms with E-state index < -0.39 is 0 Å². The minimum atomic E-state index is -0.259. The lowest BCUT2D eigenvalue weighted by molar-refractivity contribution is 0.0775. The fraction of sp³-hybridized carbons (Fsp3) is 0.227. The monoisotopic (exact) mass is 377 g/mol. The zero-order chi connectivity index (χ0) is 20.1. The van der Waals surface area contributed by atoms with E-state index in [9.17, 15) is 9.59 Å². The van der Waals surface area contributed by atoms with Crippen LogP contribution in [-0.4, -0.2) is 34.7 Å². The number of nitrogens with zero attached hydrogens (tertiary/aromatic N) is 3. The van der Waals surface area contributed by atoms with Gasteiger partial charge in [0.25, 0.3) is 11.5 Å². The van der Waals surface area contributed by atoms with Gasteiger partial charge >= 0.3 is 0 Å². The molecule has 0 fully saturated rings. The van der Waals surface area contributed by atoms with E-state index in [-0.39, 0.29) is 17.2 Å². The van der Waals surface area contributed by atoms with E-state index in [1.54, 1.807) is 19.1 Å². The number of carbonyl (C=O) groups excluding carboxylic acids is 1. The first-order valence-electron chi connectivity index (χ1n) is 8.99. The Bertz CT molecular complexity index is 1030. The van der Waals surface area contributed by atoms with E-state index in [1.165, 1.54) is 16.8 Å². The number of rotatable bonds is 6. The van der Waals surface area contributed by atoms with Gasteiger partial charge in [-0.15, -0.1) is 0 Å². The van der Waals surface area contributed by atoms with Crippen LogP contribution in [0, 0.1) is 6.92 Å². The molecule has 0 bridgehead atoms. The van der Waals surface area contributed by atoms with Crippen LogP contribution >= 0.6 is 0 Å². The zero-order valence-electron chi connectivity index (χ0n) is 16.3. The Morgan fingerprint density at radius 1 is 1.11 bits per heavy atom. The Hall–Kier alpha value is -3.41. The van der Waals surface area contributed by atoms with Crippen molar-refractivity contribution in [1.82, 2.24) is 14.7 Å². The first-order chi connectivity index (χ1) is 13.5. The third-order valence-electron chi connectivity index (χ3n) is 4.45. The minimum Gasteiger partial charge on any atom is -0.496 e. The van der Waals surface area contributed by atoms with Crippen LogP contribution in [0.25, 0.3) is 0 Å². The van der Waals surface area contributed by atoms with Gasteiger partial charge in [-0.05, 0) is 24.6 Å². The van der Waals surface area contributed by atoms with Gasteiger partial charge in [-0.2, -0.15) is 5.10 Å². The van der Waals surface area contributed by atoms with Gasteiger partial charge in [0.05, 0.1) is 13.7 Å². The number of aryl methyl sites for hydroxylation is 1. The first-order valence-corrected chi connectivity index (χ1v) is 8.99. The average Bonchev–Trinajstić information content (AvgIpc) is 2.70. The van der Waals surface area contributed by atoms with Crippen molar-refractivity contribution in [3.05, 3.63) is 93.4 Å². The maximum Gasteiger partial charge on any atom is 0.274 e. The highest BCUT2D eigenvalue weighted by atomic mass is 16.5. The second-order valence-corrected chi connectivity index (χ2v) is 6.68. The summed E-state index contributed by atoms with van der Waals surface area (Å²) >= 11 is 0. The van der Waals surface area contributed by atoms with Gasteiger partial charge in [0.2, 0.25) is 0 Å². The van der Waals surface area contributed by atoms with Gasteiger partial charge in [-0.1, -0.05) is 48.0 Å². The Morgan fingerprint density at radius 2 is 1.86 bits per heavy atom. The van der Waals surface area contributed by atoms with Crippen molar-refractivity contribution >= 4 is 5.91 Å². The Kier molecular flexibility index (Phi) is 5.89. The van der Waals surface area contributed by atoms with Crippen LogP contribution in [0.2, 0.25) is 0 Å². The summed E-state index contributed by atoms with van der Waals surface area (Å²) < 4.78 is 6.70. The second kappa shape index (κ2) is 8.52. The van der Waals surface area contributed by atoms with Crippen molar-refractivity contribution in [3.63, 3.8) is 0 Å². The van der Waals surface area contributed by atoms with Crippen molar-refractivity contribution in [1.29, 1.82) is 0 Å². The van der Waals surface area contributed by atoms with Gasteiger partial charge in [-0.25, -0.2) is 4.68 Å². The predicted octanol–water partition coefficient (Wildman–Crippen LogP) is 2.88. The van der Waals surface area contributed by atoms with Crippen molar-refractivity contribution < 1.29 is 9.53 Å². The molecule has 1 aromatic heterocycles. The molecule has 0 N–H and O–H groups in total. The van der Waals surface area contributed by atoms with Crippen LogP contribution < -0.4 is 10.3 Å². The summed E-state index contributed by atoms with van der Waals surface area (Å²) in [4.78, 5) is 26.6. The van der Waals surface area contributed by atoms with E-state index in [0.717, 1.165) is 22.4 Å². The molecule has 2 aromatic carbocycles. The van der Waals surface area contributed by atoms with E-state index in [4.69, 9.17) is 4.74 Å². The average molecular weight is 377 g/mol. The molecule has 0 saturated heterocycles. The number of amides is 1. The maximum atomic E-state index is 12.9. The molecule has 1 amide bonds. The molecular weight excluding hydrogens is 354 g/mol. The molecule has 0 aliphatic heterocycles. The molecule has 28 heavy (non-hydrogen) atoms. The third kappa shape index (κ3) is 4.46. The summed E-state index contributed by atoms with van der Waals surface area (Å²) in [5, 5.41) is 4.27. The number of ether oxygens (including phenoxy) is 1. The summed E-state index contributed by atoms with van der Waals surface area (Å²) in [6, 6.07) is 18.2. The normalized spacial score (nSPS) is 10.5. The molecule has 3 rings (SSSR count). The maximum absolute atomic E-state index is 12.9. The van der Waals surface area contributed by atoms with Crippen LogP contribution in [0.4, 0.5) is 0 Å². The first kappa shape index (κ1) is 19.4. The van der Waals surface area contributed by atoms with E-state index in [1.807, 2.05) is 55.5 Å². The van der Waals surface area contributed by atoms with E-state index >= 15 is 0 Å². The van der Waals surface area contributed by atoms with Crippen LogP contribution in [0.5, 0.6) is 5.75 Å². The number of hydrogen-bond acceptors (Lipinski definition) is 4. The number of methoxy groups -OCH3 is 1. The summed E-state index contributed by atoms with van der Waals surface area (Å²) in [6.07, 6.45) is 0. The number of carbonyl (C=O) groups is 1. The molecule has 3 aromatic rings. The molecule has 6 heteroatoms. The molecule has 144 valence electrons. The van der Waals surface area contributed by atoms with Crippen LogP contribution in [0.3, 0.4) is 0 Å². The van der Waals surface area contributed by atoms with Crippen molar-refractivity contribution in [2.45, 2.75) is 20.0 Å². The SMILES string of the molecule is COc1ccc(C)cc1CN(C)C(=O)c1ccc(=O)n(Cc2ccccc2)n1. The van der Waals surface area contributed by atoms with Crippen molar-refractivity contribution in [2.75, 3.05) is 14.2 Å². The zero-order valence-corrected chi connectivity index (χ0v) is 16.3. The van der Waals surface area contributed by atoms with Gasteiger partial charge in [0.1, 0.15) is 11.4 Å². The molecule has 0 atom stereocenters. The molecule has 0 saturated carbocycles. The Labute approximate surface area is 164 Å². The molecule has 0 aliphatic rings. The van der Waals surface area contributed by atoms with E-state index in [0.29, 0.717) is 13.1 Å². The summed E-state index contributed by atoms with van der Waals surface area (Å²) in [7, 11) is 3.31. The summed E-state index contributed by atoms with van der Waals surface area (Å²) in [6.45, 7) is 2.69. The lowest BCUT2D eigenvalue weighted by Gasteiger charge is -2.19. The minimum absolute atomic E-state index is 0.227. The lowest BCUT2D eigenvalue weighted by Crippen LogP contribution is -2.31. The predicted molar refractivity (Wildman–Crippen MR) is 108 cm³/mol. The largest absolute Gasteiger partial charge is 0.496 e. The van der Waals surface area contributed by atoms with Gasteiger partial charge in [0.15, 0.2) is 0 Å². The van der Waals surface area contributed by atoms with Crippen LogP contribution in [-0.2, 0) is 13.1 Å². The van der Waals surface area contributed by atoms with Crippen molar-refractivity contribution in [2.24, 2.45) is 0 Å². The summed E-state index contributed by atoms with van der Waals surface area (Å²) in [5.41, 5.74) is 2.93. The molecule has 6 nitrogen and oxygen atoms in total. The third-order valence-corrected chi connectivity index (χ3v) is 4.45. The number of benzene rings is 2. The summed E-state index contributed by atoms with van der Waals surface area (Å²) in [5.74, 6) is 0.470. The van der Waals surface area contributed by atoms with Gasteiger partial charge in [-0.3, -0.25) is 9.59 Å².